The maximum atomic E-state index is 10.9. The molecule has 1 aromatic heterocycles. The smallest absolute Gasteiger partial charge is 0.335 e. The van der Waals surface area contributed by atoms with E-state index in [9.17, 15) is 4.79 Å². The Kier molecular flexibility index (Phi) is 4.49. The molecule has 0 radical (unpaired) electrons. The van der Waals surface area contributed by atoms with E-state index in [1.54, 1.807) is 31.4 Å². The van der Waals surface area contributed by atoms with Gasteiger partial charge in [0, 0.05) is 12.6 Å². The molecule has 0 aliphatic rings. The Hall–Kier alpha value is -2.63. The summed E-state index contributed by atoms with van der Waals surface area (Å²) < 4.78 is 5.01. The molecule has 6 heteroatoms. The van der Waals surface area contributed by atoms with Crippen molar-refractivity contribution >= 4 is 11.8 Å². The molecule has 2 rings (SSSR count). The highest BCUT2D eigenvalue weighted by atomic mass is 16.5. The highest BCUT2D eigenvalue weighted by Gasteiger charge is 2.03. The number of carbonyl (C=O) groups is 1. The summed E-state index contributed by atoms with van der Waals surface area (Å²) in [6.45, 7) is 0.642. The molecule has 104 valence electrons. The van der Waals surface area contributed by atoms with Crippen molar-refractivity contribution in [3.8, 4) is 5.88 Å². The molecule has 0 aliphatic carbocycles. The fraction of sp³-hybridized carbons (Fsp3) is 0.214. The molecule has 0 amide bonds. The molecule has 0 saturated heterocycles. The van der Waals surface area contributed by atoms with Gasteiger partial charge < -0.3 is 15.2 Å². The summed E-state index contributed by atoms with van der Waals surface area (Å²) in [5.41, 5.74) is 1.25. The van der Waals surface area contributed by atoms with Gasteiger partial charge in [0.15, 0.2) is 0 Å². The van der Waals surface area contributed by atoms with Gasteiger partial charge in [-0.3, -0.25) is 0 Å². The first-order valence-corrected chi connectivity index (χ1v) is 6.11. The summed E-state index contributed by atoms with van der Waals surface area (Å²) in [7, 11) is 1.55. The number of nitrogens with one attached hydrogen (secondary N) is 1. The van der Waals surface area contributed by atoms with Crippen molar-refractivity contribution < 1.29 is 14.6 Å². The highest BCUT2D eigenvalue weighted by molar-refractivity contribution is 5.87. The number of rotatable bonds is 6. The molecule has 0 saturated carbocycles. The van der Waals surface area contributed by atoms with Crippen LogP contribution in [0.15, 0.2) is 36.7 Å². The van der Waals surface area contributed by atoms with E-state index in [1.165, 1.54) is 6.33 Å². The number of hydrogen-bond acceptors (Lipinski definition) is 5. The minimum atomic E-state index is -0.916. The average molecular weight is 273 g/mol. The Bertz CT molecular complexity index is 602. The quantitative estimate of drug-likeness (QED) is 0.835. The van der Waals surface area contributed by atoms with Crippen LogP contribution in [0.3, 0.4) is 0 Å². The van der Waals surface area contributed by atoms with Gasteiger partial charge in [-0.15, -0.1) is 0 Å². The predicted octanol–water partition coefficient (Wildman–Crippen LogP) is 1.84. The second-order valence-electron chi connectivity index (χ2n) is 4.13. The van der Waals surface area contributed by atoms with Crippen molar-refractivity contribution in [2.75, 3.05) is 19.0 Å². The largest absolute Gasteiger partial charge is 0.481 e. The summed E-state index contributed by atoms with van der Waals surface area (Å²) >= 11 is 0. The third-order valence-electron chi connectivity index (χ3n) is 2.74. The summed E-state index contributed by atoms with van der Waals surface area (Å²) in [6, 6.07) is 8.59. The van der Waals surface area contributed by atoms with E-state index in [2.05, 4.69) is 15.3 Å². The number of methoxy groups -OCH3 is 1. The first-order chi connectivity index (χ1) is 9.69. The van der Waals surface area contributed by atoms with Crippen LogP contribution >= 0.6 is 0 Å². The lowest BCUT2D eigenvalue weighted by atomic mass is 10.1. The van der Waals surface area contributed by atoms with Crippen LogP contribution in [0.1, 0.15) is 15.9 Å². The topological polar surface area (TPSA) is 84.3 Å². The summed E-state index contributed by atoms with van der Waals surface area (Å²) in [5, 5.41) is 12.1. The molecule has 0 spiro atoms. The lowest BCUT2D eigenvalue weighted by Gasteiger charge is -2.07. The lowest BCUT2D eigenvalue weighted by Crippen LogP contribution is -2.07. The number of carboxylic acid groups (broad SMARTS) is 1. The van der Waals surface area contributed by atoms with Crippen LogP contribution in [-0.4, -0.2) is 34.7 Å². The zero-order valence-corrected chi connectivity index (χ0v) is 11.0. The Labute approximate surface area is 116 Å². The van der Waals surface area contributed by atoms with Crippen molar-refractivity contribution in [2.45, 2.75) is 6.42 Å². The maximum Gasteiger partial charge on any atom is 0.335 e. The third kappa shape index (κ3) is 3.68. The fourth-order valence-corrected chi connectivity index (χ4v) is 1.74. The van der Waals surface area contributed by atoms with Crippen molar-refractivity contribution in [2.24, 2.45) is 0 Å². The molecular formula is C14H15N3O3. The van der Waals surface area contributed by atoms with Gasteiger partial charge >= 0.3 is 5.97 Å². The molecule has 0 aliphatic heterocycles. The summed E-state index contributed by atoms with van der Waals surface area (Å²) in [5.74, 6) is 0.252. The Morgan fingerprint density at radius 1 is 1.35 bits per heavy atom. The zero-order chi connectivity index (χ0) is 14.4. The van der Waals surface area contributed by atoms with Crippen LogP contribution in [-0.2, 0) is 6.42 Å². The predicted molar refractivity (Wildman–Crippen MR) is 74.2 cm³/mol. The summed E-state index contributed by atoms with van der Waals surface area (Å²) in [6.07, 6.45) is 2.12. The fourth-order valence-electron chi connectivity index (χ4n) is 1.74. The number of carboxylic acids is 1. The maximum absolute atomic E-state index is 10.9. The Morgan fingerprint density at radius 2 is 2.20 bits per heavy atom. The minimum Gasteiger partial charge on any atom is -0.481 e. The Morgan fingerprint density at radius 3 is 2.95 bits per heavy atom. The van der Waals surface area contributed by atoms with E-state index in [-0.39, 0.29) is 0 Å². The molecule has 0 atom stereocenters. The van der Waals surface area contributed by atoms with Gasteiger partial charge in [-0.2, -0.15) is 0 Å². The van der Waals surface area contributed by atoms with Crippen molar-refractivity contribution in [3.05, 3.63) is 47.8 Å². The van der Waals surface area contributed by atoms with Gasteiger partial charge in [0.1, 0.15) is 12.1 Å². The summed E-state index contributed by atoms with van der Waals surface area (Å²) in [4.78, 5) is 18.9. The van der Waals surface area contributed by atoms with Crippen LogP contribution in [0.5, 0.6) is 5.88 Å². The monoisotopic (exact) mass is 273 g/mol. The second-order valence-corrected chi connectivity index (χ2v) is 4.13. The molecule has 0 unspecified atom stereocenters. The van der Waals surface area contributed by atoms with Crippen molar-refractivity contribution in [1.29, 1.82) is 0 Å². The first-order valence-electron chi connectivity index (χ1n) is 6.11. The molecule has 1 aromatic carbocycles. The van der Waals surface area contributed by atoms with E-state index < -0.39 is 5.97 Å². The van der Waals surface area contributed by atoms with Gasteiger partial charge in [0.2, 0.25) is 5.88 Å². The minimum absolute atomic E-state index is 0.297. The van der Waals surface area contributed by atoms with E-state index in [4.69, 9.17) is 9.84 Å². The van der Waals surface area contributed by atoms with E-state index in [0.717, 1.165) is 5.56 Å². The Balaban J connectivity index is 1.92. The molecular weight excluding hydrogens is 258 g/mol. The second kappa shape index (κ2) is 6.51. The van der Waals surface area contributed by atoms with Gasteiger partial charge in [-0.1, -0.05) is 12.1 Å². The average Bonchev–Trinajstić information content (AvgIpc) is 2.48. The standard InChI is InChI=1S/C14H15N3O3/c1-20-13-8-12(16-9-17-13)15-6-5-10-3-2-4-11(7-10)14(18)19/h2-4,7-9H,5-6H2,1H3,(H,18,19)(H,15,16,17). The molecule has 0 fully saturated rings. The van der Waals surface area contributed by atoms with Crippen molar-refractivity contribution in [3.63, 3.8) is 0 Å². The number of anilines is 1. The molecule has 6 nitrogen and oxygen atoms in total. The van der Waals surface area contributed by atoms with Crippen LogP contribution < -0.4 is 10.1 Å². The number of aromatic nitrogens is 2. The van der Waals surface area contributed by atoms with Crippen LogP contribution in [0.2, 0.25) is 0 Å². The number of ether oxygens (including phenoxy) is 1. The number of benzene rings is 1. The van der Waals surface area contributed by atoms with E-state index in [1.807, 2.05) is 6.07 Å². The lowest BCUT2D eigenvalue weighted by molar-refractivity contribution is 0.0696. The number of aromatic carboxylic acids is 1. The molecule has 20 heavy (non-hydrogen) atoms. The van der Waals surface area contributed by atoms with Crippen LogP contribution in [0.25, 0.3) is 0 Å². The zero-order valence-electron chi connectivity index (χ0n) is 11.0. The van der Waals surface area contributed by atoms with Crippen molar-refractivity contribution in [1.82, 2.24) is 9.97 Å². The van der Waals surface area contributed by atoms with Crippen LogP contribution in [0, 0.1) is 0 Å². The van der Waals surface area contributed by atoms with Gasteiger partial charge in [-0.05, 0) is 24.1 Å². The highest BCUT2D eigenvalue weighted by Crippen LogP contribution is 2.11. The van der Waals surface area contributed by atoms with E-state index in [0.29, 0.717) is 30.2 Å². The normalized spacial score (nSPS) is 10.1. The molecule has 2 aromatic rings. The number of hydrogen-bond donors (Lipinski definition) is 2. The molecule has 0 bridgehead atoms. The van der Waals surface area contributed by atoms with Gasteiger partial charge in [0.25, 0.3) is 0 Å². The van der Waals surface area contributed by atoms with Gasteiger partial charge in [-0.25, -0.2) is 14.8 Å². The van der Waals surface area contributed by atoms with E-state index >= 15 is 0 Å². The third-order valence-corrected chi connectivity index (χ3v) is 2.74. The molecule has 2 N–H and O–H groups in total. The van der Waals surface area contributed by atoms with Crippen LogP contribution in [0.4, 0.5) is 5.82 Å². The first kappa shape index (κ1) is 13.8. The number of nitrogens with zero attached hydrogens (tertiary/aromatic N) is 2. The molecule has 1 heterocycles. The van der Waals surface area contributed by atoms with Gasteiger partial charge in [0.05, 0.1) is 12.7 Å². The SMILES string of the molecule is COc1cc(NCCc2cccc(C(=O)O)c2)ncn1.